The van der Waals surface area contributed by atoms with Crippen molar-refractivity contribution in [3.63, 3.8) is 0 Å². The van der Waals surface area contributed by atoms with Gasteiger partial charge in [0.2, 0.25) is 0 Å². The standard InChI is InChI=1S/C20H30N4O3/c1-20(2,3)15-4-6-16(7-5-15)27-14-18-22-19(24(23-18)9-10-25)12-17-13-21-8-11-26-17/h4-7,17,21,25H,8-14H2,1-3H3. The molecule has 0 amide bonds. The van der Waals surface area contributed by atoms with Gasteiger partial charge in [0.05, 0.1) is 25.9 Å². The fourth-order valence-corrected chi connectivity index (χ4v) is 3.07. The molecule has 2 aromatic rings. The Morgan fingerprint density at radius 1 is 1.30 bits per heavy atom. The molecule has 7 heteroatoms. The number of aliphatic hydroxyl groups excluding tert-OH is 1. The average molecular weight is 374 g/mol. The van der Waals surface area contributed by atoms with Crippen LogP contribution in [0.5, 0.6) is 5.75 Å². The second-order valence-corrected chi connectivity index (χ2v) is 7.86. The molecular weight excluding hydrogens is 344 g/mol. The van der Waals surface area contributed by atoms with Crippen molar-refractivity contribution in [3.05, 3.63) is 41.5 Å². The van der Waals surface area contributed by atoms with Crippen molar-refractivity contribution < 1.29 is 14.6 Å². The highest BCUT2D eigenvalue weighted by Gasteiger charge is 2.19. The first-order valence-electron chi connectivity index (χ1n) is 9.55. The summed E-state index contributed by atoms with van der Waals surface area (Å²) >= 11 is 0. The van der Waals surface area contributed by atoms with E-state index in [4.69, 9.17) is 9.47 Å². The summed E-state index contributed by atoms with van der Waals surface area (Å²) in [6.45, 7) is 9.70. The van der Waals surface area contributed by atoms with Crippen molar-refractivity contribution in [1.29, 1.82) is 0 Å². The quantitative estimate of drug-likeness (QED) is 0.767. The largest absolute Gasteiger partial charge is 0.486 e. The molecule has 2 N–H and O–H groups in total. The predicted molar refractivity (Wildman–Crippen MR) is 103 cm³/mol. The number of benzene rings is 1. The van der Waals surface area contributed by atoms with Gasteiger partial charge in [0.1, 0.15) is 18.2 Å². The predicted octanol–water partition coefficient (Wildman–Crippen LogP) is 1.68. The molecule has 0 spiro atoms. The molecule has 1 atom stereocenters. The summed E-state index contributed by atoms with van der Waals surface area (Å²) in [6, 6.07) is 8.14. The summed E-state index contributed by atoms with van der Waals surface area (Å²) < 4.78 is 13.4. The second-order valence-electron chi connectivity index (χ2n) is 7.86. The van der Waals surface area contributed by atoms with Crippen LogP contribution in [0.3, 0.4) is 0 Å². The average Bonchev–Trinajstić information content (AvgIpc) is 3.02. The Morgan fingerprint density at radius 3 is 2.70 bits per heavy atom. The molecular formula is C20H30N4O3. The maximum absolute atomic E-state index is 9.30. The van der Waals surface area contributed by atoms with E-state index in [-0.39, 0.29) is 18.1 Å². The number of morpholine rings is 1. The summed E-state index contributed by atoms with van der Waals surface area (Å²) in [6.07, 6.45) is 0.749. The zero-order valence-electron chi connectivity index (χ0n) is 16.4. The van der Waals surface area contributed by atoms with Gasteiger partial charge in [0.25, 0.3) is 0 Å². The monoisotopic (exact) mass is 374 g/mol. The molecule has 1 saturated heterocycles. The molecule has 1 fully saturated rings. The summed E-state index contributed by atoms with van der Waals surface area (Å²) in [7, 11) is 0. The van der Waals surface area contributed by atoms with Crippen LogP contribution in [-0.2, 0) is 29.7 Å². The molecule has 1 aromatic carbocycles. The van der Waals surface area contributed by atoms with Gasteiger partial charge >= 0.3 is 0 Å². The summed E-state index contributed by atoms with van der Waals surface area (Å²) in [5, 5.41) is 17.1. The molecule has 1 aliphatic rings. The highest BCUT2D eigenvalue weighted by Crippen LogP contribution is 2.24. The van der Waals surface area contributed by atoms with Crippen LogP contribution in [0.15, 0.2) is 24.3 Å². The topological polar surface area (TPSA) is 81.4 Å². The van der Waals surface area contributed by atoms with Gasteiger partial charge < -0.3 is 19.9 Å². The van der Waals surface area contributed by atoms with Crippen molar-refractivity contribution in [1.82, 2.24) is 20.1 Å². The van der Waals surface area contributed by atoms with Crippen molar-refractivity contribution >= 4 is 0 Å². The van der Waals surface area contributed by atoms with Crippen LogP contribution in [0, 0.1) is 0 Å². The van der Waals surface area contributed by atoms with E-state index in [1.165, 1.54) is 5.56 Å². The van der Waals surface area contributed by atoms with Gasteiger partial charge in [-0.25, -0.2) is 9.67 Å². The molecule has 1 aromatic heterocycles. The smallest absolute Gasteiger partial charge is 0.188 e. The Bertz CT molecular complexity index is 716. The fraction of sp³-hybridized carbons (Fsp3) is 0.600. The molecule has 3 rings (SSSR count). The van der Waals surface area contributed by atoms with Gasteiger partial charge in [-0.3, -0.25) is 0 Å². The first kappa shape index (κ1) is 19.8. The number of ether oxygens (including phenoxy) is 2. The van der Waals surface area contributed by atoms with Crippen LogP contribution in [-0.4, -0.2) is 52.3 Å². The summed E-state index contributed by atoms with van der Waals surface area (Å²) in [4.78, 5) is 4.60. The Labute approximate surface area is 160 Å². The van der Waals surface area contributed by atoms with E-state index in [1.807, 2.05) is 12.1 Å². The highest BCUT2D eigenvalue weighted by molar-refractivity contribution is 5.31. The molecule has 0 radical (unpaired) electrons. The third kappa shape index (κ3) is 5.51. The Balaban J connectivity index is 1.63. The van der Waals surface area contributed by atoms with Crippen molar-refractivity contribution in [3.8, 4) is 5.75 Å². The van der Waals surface area contributed by atoms with Crippen molar-refractivity contribution in [2.75, 3.05) is 26.3 Å². The third-order valence-corrected chi connectivity index (χ3v) is 4.61. The van der Waals surface area contributed by atoms with Gasteiger partial charge in [0, 0.05) is 19.5 Å². The van der Waals surface area contributed by atoms with Crippen LogP contribution in [0.2, 0.25) is 0 Å². The molecule has 1 unspecified atom stereocenters. The zero-order chi connectivity index (χ0) is 19.3. The minimum absolute atomic E-state index is 0.0225. The fourth-order valence-electron chi connectivity index (χ4n) is 3.07. The number of nitrogens with zero attached hydrogens (tertiary/aromatic N) is 3. The molecule has 7 nitrogen and oxygen atoms in total. The van der Waals surface area contributed by atoms with E-state index >= 15 is 0 Å². The molecule has 1 aliphatic heterocycles. The van der Waals surface area contributed by atoms with Crippen LogP contribution in [0.1, 0.15) is 38.0 Å². The zero-order valence-corrected chi connectivity index (χ0v) is 16.4. The van der Waals surface area contributed by atoms with E-state index < -0.39 is 0 Å². The second kappa shape index (κ2) is 8.82. The van der Waals surface area contributed by atoms with E-state index in [1.54, 1.807) is 4.68 Å². The first-order valence-corrected chi connectivity index (χ1v) is 9.55. The molecule has 27 heavy (non-hydrogen) atoms. The van der Waals surface area contributed by atoms with Gasteiger partial charge in [-0.1, -0.05) is 32.9 Å². The maximum Gasteiger partial charge on any atom is 0.188 e. The van der Waals surface area contributed by atoms with Crippen LogP contribution < -0.4 is 10.1 Å². The molecule has 148 valence electrons. The number of nitrogens with one attached hydrogen (secondary N) is 1. The number of hydrogen-bond acceptors (Lipinski definition) is 6. The molecule has 0 bridgehead atoms. The van der Waals surface area contributed by atoms with Crippen molar-refractivity contribution in [2.45, 2.75) is 51.9 Å². The van der Waals surface area contributed by atoms with Gasteiger partial charge in [-0.2, -0.15) is 5.10 Å². The lowest BCUT2D eigenvalue weighted by molar-refractivity contribution is 0.0272. The van der Waals surface area contributed by atoms with E-state index in [0.29, 0.717) is 32.0 Å². The molecule has 0 saturated carbocycles. The highest BCUT2D eigenvalue weighted by atomic mass is 16.5. The Morgan fingerprint density at radius 2 is 2.07 bits per heavy atom. The van der Waals surface area contributed by atoms with Crippen LogP contribution in [0.25, 0.3) is 0 Å². The lowest BCUT2D eigenvalue weighted by Gasteiger charge is -2.23. The molecule has 2 heterocycles. The summed E-state index contributed by atoms with van der Waals surface area (Å²) in [5.74, 6) is 2.23. The van der Waals surface area contributed by atoms with E-state index in [2.05, 4.69) is 48.3 Å². The van der Waals surface area contributed by atoms with Crippen molar-refractivity contribution in [2.24, 2.45) is 0 Å². The van der Waals surface area contributed by atoms with Gasteiger partial charge in [-0.05, 0) is 23.1 Å². The minimum atomic E-state index is 0.0225. The van der Waals surface area contributed by atoms with Crippen LogP contribution >= 0.6 is 0 Å². The lowest BCUT2D eigenvalue weighted by atomic mass is 9.87. The Hall–Kier alpha value is -1.96. The summed E-state index contributed by atoms with van der Waals surface area (Å²) in [5.41, 5.74) is 1.39. The SMILES string of the molecule is CC(C)(C)c1ccc(OCc2nc(CC3CNCCO3)n(CCO)n2)cc1. The van der Waals surface area contributed by atoms with E-state index in [9.17, 15) is 5.11 Å². The third-order valence-electron chi connectivity index (χ3n) is 4.61. The number of aromatic nitrogens is 3. The lowest BCUT2D eigenvalue weighted by Crippen LogP contribution is -2.40. The normalized spacial score (nSPS) is 17.9. The van der Waals surface area contributed by atoms with Crippen LogP contribution in [0.4, 0.5) is 0 Å². The first-order chi connectivity index (χ1) is 13.0. The maximum atomic E-state index is 9.30. The van der Waals surface area contributed by atoms with Gasteiger partial charge in [-0.15, -0.1) is 0 Å². The molecule has 0 aliphatic carbocycles. The van der Waals surface area contributed by atoms with E-state index in [0.717, 1.165) is 24.7 Å². The number of hydrogen-bond donors (Lipinski definition) is 2. The van der Waals surface area contributed by atoms with Gasteiger partial charge in [0.15, 0.2) is 5.82 Å². The number of aliphatic hydroxyl groups is 1. The number of rotatable bonds is 7. The Kier molecular flexibility index (Phi) is 6.46. The minimum Gasteiger partial charge on any atom is -0.486 e.